The third kappa shape index (κ3) is 3.37. The second-order valence-electron chi connectivity index (χ2n) is 7.02. The number of piperazine rings is 1. The number of nitrogens with one attached hydrogen (secondary N) is 1. The molecule has 0 bridgehead atoms. The van der Waals surface area contributed by atoms with Crippen molar-refractivity contribution in [2.45, 2.75) is 39.7 Å². The molecule has 126 valence electrons. The van der Waals surface area contributed by atoms with Crippen LogP contribution in [0.4, 0.5) is 5.69 Å². The summed E-state index contributed by atoms with van der Waals surface area (Å²) >= 11 is 0. The molecular formula is C19H29N3O. The number of rotatable bonds is 2. The molecule has 1 aromatic rings. The minimum atomic E-state index is 0.163. The lowest BCUT2D eigenvalue weighted by Gasteiger charge is -2.40. The van der Waals surface area contributed by atoms with Gasteiger partial charge in [0.25, 0.3) is 0 Å². The van der Waals surface area contributed by atoms with Crippen molar-refractivity contribution in [2.24, 2.45) is 5.92 Å². The van der Waals surface area contributed by atoms with E-state index in [0.717, 1.165) is 45.6 Å². The van der Waals surface area contributed by atoms with Gasteiger partial charge >= 0.3 is 0 Å². The first-order valence-corrected chi connectivity index (χ1v) is 8.91. The van der Waals surface area contributed by atoms with Crippen LogP contribution in [0, 0.1) is 19.8 Å². The Hall–Kier alpha value is -1.55. The van der Waals surface area contributed by atoms with Gasteiger partial charge < -0.3 is 15.1 Å². The van der Waals surface area contributed by atoms with Crippen LogP contribution < -0.4 is 10.2 Å². The number of piperidine rings is 1. The molecule has 2 atom stereocenters. The van der Waals surface area contributed by atoms with E-state index in [1.54, 1.807) is 0 Å². The van der Waals surface area contributed by atoms with Gasteiger partial charge in [-0.05, 0) is 57.4 Å². The summed E-state index contributed by atoms with van der Waals surface area (Å²) in [5.74, 6) is 0.515. The van der Waals surface area contributed by atoms with Crippen LogP contribution in [0.5, 0.6) is 0 Å². The number of hydrogen-bond donors (Lipinski definition) is 1. The zero-order chi connectivity index (χ0) is 16.4. The smallest absolute Gasteiger partial charge is 0.227 e. The van der Waals surface area contributed by atoms with Gasteiger partial charge in [-0.3, -0.25) is 4.79 Å². The van der Waals surface area contributed by atoms with E-state index in [9.17, 15) is 4.79 Å². The van der Waals surface area contributed by atoms with Gasteiger partial charge in [-0.25, -0.2) is 0 Å². The average Bonchev–Trinajstić information content (AvgIpc) is 2.57. The number of benzene rings is 1. The zero-order valence-corrected chi connectivity index (χ0v) is 14.6. The van der Waals surface area contributed by atoms with Crippen LogP contribution in [-0.2, 0) is 4.79 Å². The van der Waals surface area contributed by atoms with Crippen LogP contribution in [0.2, 0.25) is 0 Å². The maximum absolute atomic E-state index is 12.8. The average molecular weight is 315 g/mol. The van der Waals surface area contributed by atoms with E-state index in [1.165, 1.54) is 16.8 Å². The van der Waals surface area contributed by atoms with Crippen LogP contribution >= 0.6 is 0 Å². The fourth-order valence-electron chi connectivity index (χ4n) is 3.86. The third-order valence-corrected chi connectivity index (χ3v) is 5.59. The molecule has 1 aromatic carbocycles. The van der Waals surface area contributed by atoms with Crippen molar-refractivity contribution in [3.05, 3.63) is 29.3 Å². The van der Waals surface area contributed by atoms with E-state index in [2.05, 4.69) is 54.1 Å². The minimum Gasteiger partial charge on any atom is -0.368 e. The molecule has 2 heterocycles. The van der Waals surface area contributed by atoms with E-state index in [1.807, 2.05) is 0 Å². The number of hydrogen-bond acceptors (Lipinski definition) is 3. The SMILES string of the molecule is Cc1cccc(N2CCN(C(=O)C3CCCNC3C)CC2)c1C. The molecule has 1 amide bonds. The Balaban J connectivity index is 1.62. The van der Waals surface area contributed by atoms with Crippen LogP contribution in [-0.4, -0.2) is 49.6 Å². The Morgan fingerprint density at radius 3 is 2.61 bits per heavy atom. The largest absolute Gasteiger partial charge is 0.368 e. The molecule has 0 spiro atoms. The quantitative estimate of drug-likeness (QED) is 0.910. The Kier molecular flexibility index (Phi) is 4.90. The Bertz CT molecular complexity index is 564. The summed E-state index contributed by atoms with van der Waals surface area (Å²) < 4.78 is 0. The molecule has 2 unspecified atom stereocenters. The van der Waals surface area contributed by atoms with Crippen molar-refractivity contribution in [2.75, 3.05) is 37.6 Å². The summed E-state index contributed by atoms with van der Waals surface area (Å²) in [6.45, 7) is 11.1. The Morgan fingerprint density at radius 2 is 1.91 bits per heavy atom. The lowest BCUT2D eigenvalue weighted by Crippen LogP contribution is -2.54. The van der Waals surface area contributed by atoms with E-state index in [-0.39, 0.29) is 5.92 Å². The maximum atomic E-state index is 12.8. The van der Waals surface area contributed by atoms with Crippen molar-refractivity contribution in [3.8, 4) is 0 Å². The van der Waals surface area contributed by atoms with Crippen LogP contribution in [0.3, 0.4) is 0 Å². The zero-order valence-electron chi connectivity index (χ0n) is 14.6. The summed E-state index contributed by atoms with van der Waals surface area (Å²) in [5, 5.41) is 3.44. The van der Waals surface area contributed by atoms with Gasteiger partial charge in [0.05, 0.1) is 5.92 Å². The number of carbonyl (C=O) groups is 1. The lowest BCUT2D eigenvalue weighted by molar-refractivity contribution is -0.137. The normalized spacial score (nSPS) is 25.5. The van der Waals surface area contributed by atoms with Gasteiger partial charge in [-0.1, -0.05) is 12.1 Å². The molecule has 4 heteroatoms. The summed E-state index contributed by atoms with van der Waals surface area (Å²) in [5.41, 5.74) is 4.02. The highest BCUT2D eigenvalue weighted by Gasteiger charge is 2.32. The summed E-state index contributed by atoms with van der Waals surface area (Å²) in [6.07, 6.45) is 2.15. The first-order chi connectivity index (χ1) is 11.1. The third-order valence-electron chi connectivity index (χ3n) is 5.59. The number of anilines is 1. The molecule has 2 aliphatic heterocycles. The predicted octanol–water partition coefficient (Wildman–Crippen LogP) is 2.34. The summed E-state index contributed by atoms with van der Waals surface area (Å²) in [4.78, 5) is 17.3. The van der Waals surface area contributed by atoms with Crippen molar-refractivity contribution in [1.29, 1.82) is 0 Å². The fraction of sp³-hybridized carbons (Fsp3) is 0.632. The predicted molar refractivity (Wildman–Crippen MR) is 94.9 cm³/mol. The monoisotopic (exact) mass is 315 g/mol. The van der Waals surface area contributed by atoms with Crippen molar-refractivity contribution >= 4 is 11.6 Å². The van der Waals surface area contributed by atoms with Crippen LogP contribution in [0.1, 0.15) is 30.9 Å². The Morgan fingerprint density at radius 1 is 1.17 bits per heavy atom. The second-order valence-corrected chi connectivity index (χ2v) is 7.02. The highest BCUT2D eigenvalue weighted by molar-refractivity contribution is 5.80. The molecule has 0 saturated carbocycles. The molecule has 2 saturated heterocycles. The van der Waals surface area contributed by atoms with E-state index in [4.69, 9.17) is 0 Å². The highest BCUT2D eigenvalue weighted by Crippen LogP contribution is 2.25. The molecular weight excluding hydrogens is 286 g/mol. The van der Waals surface area contributed by atoms with Gasteiger partial charge in [0.2, 0.25) is 5.91 Å². The maximum Gasteiger partial charge on any atom is 0.227 e. The van der Waals surface area contributed by atoms with Gasteiger partial charge in [-0.15, -0.1) is 0 Å². The van der Waals surface area contributed by atoms with Crippen LogP contribution in [0.25, 0.3) is 0 Å². The number of aryl methyl sites for hydroxylation is 1. The van der Waals surface area contributed by atoms with Gasteiger partial charge in [0, 0.05) is 37.9 Å². The topological polar surface area (TPSA) is 35.6 Å². The van der Waals surface area contributed by atoms with Crippen molar-refractivity contribution < 1.29 is 4.79 Å². The van der Waals surface area contributed by atoms with Gasteiger partial charge in [0.15, 0.2) is 0 Å². The van der Waals surface area contributed by atoms with Crippen LogP contribution in [0.15, 0.2) is 18.2 Å². The standard InChI is InChI=1S/C19H29N3O/c1-14-6-4-8-18(15(14)2)21-10-12-22(13-11-21)19(23)17-7-5-9-20-16(17)3/h4,6,8,16-17,20H,5,7,9-13H2,1-3H3. The van der Waals surface area contributed by atoms with Gasteiger partial charge in [-0.2, -0.15) is 0 Å². The van der Waals surface area contributed by atoms with Gasteiger partial charge in [0.1, 0.15) is 0 Å². The minimum absolute atomic E-state index is 0.163. The summed E-state index contributed by atoms with van der Waals surface area (Å²) in [7, 11) is 0. The lowest BCUT2D eigenvalue weighted by atomic mass is 9.90. The molecule has 23 heavy (non-hydrogen) atoms. The van der Waals surface area contributed by atoms with Crippen molar-refractivity contribution in [3.63, 3.8) is 0 Å². The molecule has 0 aliphatic carbocycles. The molecule has 3 rings (SSSR count). The molecule has 2 fully saturated rings. The molecule has 2 aliphatic rings. The number of amides is 1. The number of carbonyl (C=O) groups excluding carboxylic acids is 1. The fourth-order valence-corrected chi connectivity index (χ4v) is 3.86. The van der Waals surface area contributed by atoms with Crippen molar-refractivity contribution in [1.82, 2.24) is 10.2 Å². The molecule has 1 N–H and O–H groups in total. The van der Waals surface area contributed by atoms with E-state index < -0.39 is 0 Å². The molecule has 4 nitrogen and oxygen atoms in total. The van der Waals surface area contributed by atoms with E-state index >= 15 is 0 Å². The molecule has 0 radical (unpaired) electrons. The van der Waals surface area contributed by atoms with E-state index in [0.29, 0.717) is 11.9 Å². The first kappa shape index (κ1) is 16.3. The number of nitrogens with zero attached hydrogens (tertiary/aromatic N) is 2. The highest BCUT2D eigenvalue weighted by atomic mass is 16.2. The molecule has 0 aromatic heterocycles. The summed E-state index contributed by atoms with van der Waals surface area (Å²) in [6, 6.07) is 6.81. The Labute approximate surface area is 139 Å². The first-order valence-electron chi connectivity index (χ1n) is 8.91. The second kappa shape index (κ2) is 6.91.